The van der Waals surface area contributed by atoms with Crippen molar-refractivity contribution < 1.29 is 4.79 Å². The van der Waals surface area contributed by atoms with Crippen LogP contribution in [-0.2, 0) is 11.3 Å². The molecular formula is C15H21ClN4O2. The van der Waals surface area contributed by atoms with E-state index < -0.39 is 0 Å². The molecule has 7 heteroatoms. The Morgan fingerprint density at radius 1 is 1.36 bits per heavy atom. The monoisotopic (exact) mass is 324 g/mol. The van der Waals surface area contributed by atoms with Crippen molar-refractivity contribution in [2.24, 2.45) is 0 Å². The average molecular weight is 325 g/mol. The van der Waals surface area contributed by atoms with Crippen molar-refractivity contribution in [3.8, 4) is 0 Å². The number of hydrogen-bond donors (Lipinski definition) is 2. The minimum atomic E-state index is -0.172. The number of nitrogens with zero attached hydrogens (tertiary/aromatic N) is 2. The van der Waals surface area contributed by atoms with Gasteiger partial charge in [-0.05, 0) is 26.1 Å². The molecule has 1 aromatic heterocycles. The van der Waals surface area contributed by atoms with E-state index >= 15 is 0 Å². The number of fused-ring (bicyclic) bond motifs is 1. The summed E-state index contributed by atoms with van der Waals surface area (Å²) >= 11 is 0. The van der Waals surface area contributed by atoms with Gasteiger partial charge < -0.3 is 15.2 Å². The summed E-state index contributed by atoms with van der Waals surface area (Å²) in [5.74, 6) is 0.556. The van der Waals surface area contributed by atoms with Gasteiger partial charge in [-0.25, -0.2) is 4.98 Å². The number of benzene rings is 1. The molecule has 0 atom stereocenters. The minimum Gasteiger partial charge on any atom is -0.335 e. The van der Waals surface area contributed by atoms with Crippen molar-refractivity contribution in [3.63, 3.8) is 0 Å². The molecule has 0 fully saturated rings. The first-order valence-corrected chi connectivity index (χ1v) is 7.06. The predicted molar refractivity (Wildman–Crippen MR) is 89.2 cm³/mol. The molecule has 0 unspecified atom stereocenters. The highest BCUT2D eigenvalue weighted by Crippen LogP contribution is 2.07. The van der Waals surface area contributed by atoms with Crippen LogP contribution >= 0.6 is 12.4 Å². The number of amides is 1. The number of carbonyl (C=O) groups excluding carboxylic acids is 1. The number of aromatic nitrogens is 2. The first kappa shape index (κ1) is 18.1. The third-order valence-corrected chi connectivity index (χ3v) is 3.33. The third-order valence-electron chi connectivity index (χ3n) is 3.33. The molecule has 2 rings (SSSR count). The van der Waals surface area contributed by atoms with E-state index in [9.17, 15) is 9.59 Å². The predicted octanol–water partition coefficient (Wildman–Crippen LogP) is 1.30. The maximum absolute atomic E-state index is 12.1. The fourth-order valence-corrected chi connectivity index (χ4v) is 2.16. The standard InChI is InChI=1S/C15H20N4O2.ClH/c1-3-19(14(20)8-9-16-2)10-13-17-12-7-5-4-6-11(12)15(21)18-13;/h4-7,16H,3,8-10H2,1-2H3,(H,17,18,21);1H. The van der Waals surface area contributed by atoms with Crippen LogP contribution in [0.15, 0.2) is 29.1 Å². The highest BCUT2D eigenvalue weighted by molar-refractivity contribution is 5.85. The lowest BCUT2D eigenvalue weighted by Gasteiger charge is -2.20. The van der Waals surface area contributed by atoms with Crippen molar-refractivity contribution in [1.82, 2.24) is 20.2 Å². The van der Waals surface area contributed by atoms with Crippen molar-refractivity contribution in [1.29, 1.82) is 0 Å². The maximum Gasteiger partial charge on any atom is 0.258 e. The first-order valence-electron chi connectivity index (χ1n) is 7.06. The van der Waals surface area contributed by atoms with Crippen molar-refractivity contribution in [2.45, 2.75) is 19.9 Å². The summed E-state index contributed by atoms with van der Waals surface area (Å²) in [4.78, 5) is 32.9. The second kappa shape index (κ2) is 8.51. The van der Waals surface area contributed by atoms with Gasteiger partial charge >= 0.3 is 0 Å². The van der Waals surface area contributed by atoms with Gasteiger partial charge in [-0.2, -0.15) is 0 Å². The van der Waals surface area contributed by atoms with Crippen LogP contribution in [-0.4, -0.2) is 40.9 Å². The van der Waals surface area contributed by atoms with E-state index in [-0.39, 0.29) is 23.9 Å². The number of nitrogens with one attached hydrogen (secondary N) is 2. The zero-order chi connectivity index (χ0) is 15.2. The summed E-state index contributed by atoms with van der Waals surface area (Å²) in [5.41, 5.74) is 0.476. The van der Waals surface area contributed by atoms with Crippen molar-refractivity contribution in [3.05, 3.63) is 40.4 Å². The number of carbonyl (C=O) groups is 1. The molecular weight excluding hydrogens is 304 g/mol. The Morgan fingerprint density at radius 3 is 2.77 bits per heavy atom. The first-order chi connectivity index (χ1) is 10.2. The molecule has 0 saturated carbocycles. The number of rotatable bonds is 6. The Morgan fingerprint density at radius 2 is 2.09 bits per heavy atom. The molecule has 0 saturated heterocycles. The van der Waals surface area contributed by atoms with Crippen LogP contribution < -0.4 is 10.9 Å². The molecule has 1 heterocycles. The Kier molecular flexibility index (Phi) is 7.01. The van der Waals surface area contributed by atoms with Gasteiger partial charge in [0.1, 0.15) is 5.82 Å². The molecule has 1 amide bonds. The van der Waals surface area contributed by atoms with Gasteiger partial charge in [0.05, 0.1) is 17.4 Å². The molecule has 0 aliphatic heterocycles. The number of hydrogen-bond acceptors (Lipinski definition) is 4. The Bertz CT molecular complexity index is 687. The highest BCUT2D eigenvalue weighted by Gasteiger charge is 2.13. The normalized spacial score (nSPS) is 10.3. The van der Waals surface area contributed by atoms with Crippen LogP contribution in [0, 0.1) is 0 Å². The van der Waals surface area contributed by atoms with Gasteiger partial charge in [0.15, 0.2) is 0 Å². The van der Waals surface area contributed by atoms with E-state index in [0.717, 1.165) is 0 Å². The third kappa shape index (κ3) is 4.29. The summed E-state index contributed by atoms with van der Waals surface area (Å²) in [6, 6.07) is 7.18. The van der Waals surface area contributed by atoms with Crippen LogP contribution in [0.5, 0.6) is 0 Å². The van der Waals surface area contributed by atoms with Gasteiger partial charge in [0.2, 0.25) is 5.91 Å². The molecule has 2 N–H and O–H groups in total. The smallest absolute Gasteiger partial charge is 0.258 e. The molecule has 0 aliphatic rings. The Labute approximate surface area is 135 Å². The number of aromatic amines is 1. The van der Waals surface area contributed by atoms with Crippen LogP contribution in [0.25, 0.3) is 10.9 Å². The lowest BCUT2D eigenvalue weighted by molar-refractivity contribution is -0.131. The van der Waals surface area contributed by atoms with E-state index in [2.05, 4.69) is 15.3 Å². The summed E-state index contributed by atoms with van der Waals surface area (Å²) in [6.45, 7) is 3.45. The summed E-state index contributed by atoms with van der Waals surface area (Å²) in [7, 11) is 1.81. The Balaban J connectivity index is 0.00000242. The summed E-state index contributed by atoms with van der Waals surface area (Å²) < 4.78 is 0. The van der Waals surface area contributed by atoms with E-state index in [1.165, 1.54) is 0 Å². The zero-order valence-corrected chi connectivity index (χ0v) is 13.6. The topological polar surface area (TPSA) is 78.1 Å². The summed E-state index contributed by atoms with van der Waals surface area (Å²) in [6.07, 6.45) is 0.433. The second-order valence-electron chi connectivity index (χ2n) is 4.79. The lowest BCUT2D eigenvalue weighted by Crippen LogP contribution is -2.33. The maximum atomic E-state index is 12.1. The average Bonchev–Trinajstić information content (AvgIpc) is 2.50. The Hall–Kier alpha value is -1.92. The van der Waals surface area contributed by atoms with Crippen LogP contribution in [0.1, 0.15) is 19.2 Å². The van der Waals surface area contributed by atoms with E-state index in [1.807, 2.05) is 20.0 Å². The molecule has 120 valence electrons. The zero-order valence-electron chi connectivity index (χ0n) is 12.8. The van der Waals surface area contributed by atoms with Gasteiger partial charge in [-0.15, -0.1) is 12.4 Å². The van der Waals surface area contributed by atoms with E-state index in [4.69, 9.17) is 0 Å². The lowest BCUT2D eigenvalue weighted by atomic mass is 10.2. The second-order valence-corrected chi connectivity index (χ2v) is 4.79. The largest absolute Gasteiger partial charge is 0.335 e. The van der Waals surface area contributed by atoms with Gasteiger partial charge in [-0.3, -0.25) is 9.59 Å². The molecule has 0 bridgehead atoms. The van der Waals surface area contributed by atoms with Crippen LogP contribution in [0.3, 0.4) is 0 Å². The molecule has 0 radical (unpaired) electrons. The van der Waals surface area contributed by atoms with E-state index in [0.29, 0.717) is 42.8 Å². The fraction of sp³-hybridized carbons (Fsp3) is 0.400. The summed E-state index contributed by atoms with van der Waals surface area (Å²) in [5, 5.41) is 3.51. The van der Waals surface area contributed by atoms with Gasteiger partial charge in [-0.1, -0.05) is 12.1 Å². The SMILES string of the molecule is CCN(Cc1nc2ccccc2c(=O)[nH]1)C(=O)CCNC.Cl. The fourth-order valence-electron chi connectivity index (χ4n) is 2.16. The van der Waals surface area contributed by atoms with Crippen LogP contribution in [0.2, 0.25) is 0 Å². The number of H-pyrrole nitrogens is 1. The molecule has 0 spiro atoms. The van der Waals surface area contributed by atoms with Crippen molar-refractivity contribution in [2.75, 3.05) is 20.1 Å². The number of halogens is 1. The highest BCUT2D eigenvalue weighted by atomic mass is 35.5. The quantitative estimate of drug-likeness (QED) is 0.839. The molecule has 6 nitrogen and oxygen atoms in total. The van der Waals surface area contributed by atoms with Gasteiger partial charge in [0, 0.05) is 19.5 Å². The molecule has 1 aromatic carbocycles. The molecule has 22 heavy (non-hydrogen) atoms. The number of para-hydroxylation sites is 1. The molecule has 2 aromatic rings. The molecule has 0 aliphatic carbocycles. The minimum absolute atomic E-state index is 0. The van der Waals surface area contributed by atoms with Crippen LogP contribution in [0.4, 0.5) is 0 Å². The van der Waals surface area contributed by atoms with Crippen molar-refractivity contribution >= 4 is 29.2 Å². The van der Waals surface area contributed by atoms with E-state index in [1.54, 1.807) is 23.1 Å². The van der Waals surface area contributed by atoms with Gasteiger partial charge in [0.25, 0.3) is 5.56 Å².